The van der Waals surface area contributed by atoms with Crippen LogP contribution in [0.1, 0.15) is 16.2 Å². The standard InChI is InChI=1S/C20H20N4O/c25-20(19-18-7-2-1-5-16(18)8-10-22-19)24-13-11-23(12-14-24)15-17-6-3-4-9-21-17/h1-10H,11-15H2. The molecule has 1 saturated heterocycles. The molecule has 0 spiro atoms. The largest absolute Gasteiger partial charge is 0.335 e. The van der Waals surface area contributed by atoms with Gasteiger partial charge < -0.3 is 4.90 Å². The van der Waals surface area contributed by atoms with Crippen LogP contribution in [-0.4, -0.2) is 51.9 Å². The van der Waals surface area contributed by atoms with Gasteiger partial charge >= 0.3 is 0 Å². The minimum absolute atomic E-state index is 0.0225. The predicted molar refractivity (Wildman–Crippen MR) is 97.2 cm³/mol. The number of amides is 1. The van der Waals surface area contributed by atoms with Crippen LogP contribution in [-0.2, 0) is 6.54 Å². The molecule has 126 valence electrons. The molecule has 3 heterocycles. The van der Waals surface area contributed by atoms with Crippen LogP contribution in [0, 0.1) is 0 Å². The van der Waals surface area contributed by atoms with E-state index in [9.17, 15) is 4.79 Å². The minimum atomic E-state index is 0.0225. The SMILES string of the molecule is O=C(c1nccc2ccccc12)N1CCN(Cc2ccccn2)CC1. The summed E-state index contributed by atoms with van der Waals surface area (Å²) in [5, 5.41) is 1.97. The molecule has 2 aromatic heterocycles. The van der Waals surface area contributed by atoms with Gasteiger partial charge in [0.25, 0.3) is 5.91 Å². The third kappa shape index (κ3) is 3.37. The van der Waals surface area contributed by atoms with Crippen molar-refractivity contribution in [2.45, 2.75) is 6.54 Å². The summed E-state index contributed by atoms with van der Waals surface area (Å²) >= 11 is 0. The van der Waals surface area contributed by atoms with E-state index in [-0.39, 0.29) is 5.91 Å². The van der Waals surface area contributed by atoms with E-state index in [4.69, 9.17) is 0 Å². The molecule has 0 N–H and O–H groups in total. The number of piperazine rings is 1. The number of pyridine rings is 2. The molecule has 0 radical (unpaired) electrons. The highest BCUT2D eigenvalue weighted by Crippen LogP contribution is 2.18. The van der Waals surface area contributed by atoms with E-state index in [1.165, 1.54) is 0 Å². The van der Waals surface area contributed by atoms with Gasteiger partial charge in [0.05, 0.1) is 5.69 Å². The Morgan fingerprint density at radius 2 is 1.68 bits per heavy atom. The smallest absolute Gasteiger partial charge is 0.273 e. The molecule has 0 unspecified atom stereocenters. The van der Waals surface area contributed by atoms with Crippen molar-refractivity contribution in [3.05, 3.63) is 72.3 Å². The predicted octanol–water partition coefficient (Wildman–Crippen LogP) is 2.59. The first kappa shape index (κ1) is 15.7. The van der Waals surface area contributed by atoms with Crippen LogP contribution in [0.5, 0.6) is 0 Å². The number of aromatic nitrogens is 2. The fourth-order valence-electron chi connectivity index (χ4n) is 3.27. The maximum atomic E-state index is 12.9. The van der Waals surface area contributed by atoms with E-state index >= 15 is 0 Å². The van der Waals surface area contributed by atoms with Gasteiger partial charge in [-0.3, -0.25) is 19.7 Å². The fourth-order valence-corrected chi connectivity index (χ4v) is 3.27. The van der Waals surface area contributed by atoms with Crippen molar-refractivity contribution in [1.82, 2.24) is 19.8 Å². The first-order chi connectivity index (χ1) is 12.3. The summed E-state index contributed by atoms with van der Waals surface area (Å²) in [7, 11) is 0. The Bertz CT molecular complexity index is 868. The van der Waals surface area contributed by atoms with Gasteiger partial charge in [-0.25, -0.2) is 0 Å². The van der Waals surface area contributed by atoms with Gasteiger partial charge in [0, 0.05) is 50.5 Å². The Hall–Kier alpha value is -2.79. The lowest BCUT2D eigenvalue weighted by atomic mass is 10.1. The van der Waals surface area contributed by atoms with Crippen LogP contribution in [0.4, 0.5) is 0 Å². The van der Waals surface area contributed by atoms with E-state index in [0.717, 1.165) is 49.2 Å². The Morgan fingerprint density at radius 1 is 0.880 bits per heavy atom. The third-order valence-electron chi connectivity index (χ3n) is 4.65. The quantitative estimate of drug-likeness (QED) is 0.740. The van der Waals surface area contributed by atoms with Gasteiger partial charge in [-0.2, -0.15) is 0 Å². The maximum absolute atomic E-state index is 12.9. The Labute approximate surface area is 146 Å². The molecule has 0 bridgehead atoms. The minimum Gasteiger partial charge on any atom is -0.335 e. The average molecular weight is 332 g/mol. The maximum Gasteiger partial charge on any atom is 0.273 e. The lowest BCUT2D eigenvalue weighted by Crippen LogP contribution is -2.48. The van der Waals surface area contributed by atoms with Crippen LogP contribution in [0.2, 0.25) is 0 Å². The second-order valence-electron chi connectivity index (χ2n) is 6.27. The molecule has 1 aliphatic heterocycles. The molecular weight excluding hydrogens is 312 g/mol. The number of carbonyl (C=O) groups is 1. The molecule has 5 nitrogen and oxygen atoms in total. The summed E-state index contributed by atoms with van der Waals surface area (Å²) in [5.41, 5.74) is 1.62. The second kappa shape index (κ2) is 6.99. The number of hydrogen-bond acceptors (Lipinski definition) is 4. The van der Waals surface area contributed by atoms with Crippen LogP contribution in [0.3, 0.4) is 0 Å². The second-order valence-corrected chi connectivity index (χ2v) is 6.27. The summed E-state index contributed by atoms with van der Waals surface area (Å²) in [4.78, 5) is 25.9. The number of hydrogen-bond donors (Lipinski definition) is 0. The van der Waals surface area contributed by atoms with E-state index in [1.54, 1.807) is 6.20 Å². The molecule has 1 amide bonds. The lowest BCUT2D eigenvalue weighted by molar-refractivity contribution is 0.0623. The van der Waals surface area contributed by atoms with Crippen molar-refractivity contribution in [3.8, 4) is 0 Å². The molecule has 4 rings (SSSR count). The summed E-state index contributed by atoms with van der Waals surface area (Å²) in [6, 6.07) is 15.8. The van der Waals surface area contributed by atoms with Gasteiger partial charge in [-0.15, -0.1) is 0 Å². The van der Waals surface area contributed by atoms with Gasteiger partial charge in [0.1, 0.15) is 5.69 Å². The molecule has 0 aliphatic carbocycles. The Kier molecular flexibility index (Phi) is 4.39. The summed E-state index contributed by atoms with van der Waals surface area (Å²) in [5.74, 6) is 0.0225. The van der Waals surface area contributed by atoms with Gasteiger partial charge in [0.15, 0.2) is 0 Å². The first-order valence-electron chi connectivity index (χ1n) is 8.56. The van der Waals surface area contributed by atoms with Gasteiger partial charge in [-0.05, 0) is 23.6 Å². The zero-order valence-electron chi connectivity index (χ0n) is 14.0. The molecule has 1 aromatic carbocycles. The van der Waals surface area contributed by atoms with Crippen LogP contribution in [0.25, 0.3) is 10.8 Å². The highest BCUT2D eigenvalue weighted by Gasteiger charge is 2.24. The van der Waals surface area contributed by atoms with Gasteiger partial charge in [-0.1, -0.05) is 30.3 Å². The summed E-state index contributed by atoms with van der Waals surface area (Å²) in [6.45, 7) is 3.97. The average Bonchev–Trinajstić information content (AvgIpc) is 2.68. The van der Waals surface area contributed by atoms with E-state index in [1.807, 2.05) is 59.6 Å². The number of nitrogens with zero attached hydrogens (tertiary/aromatic N) is 4. The lowest BCUT2D eigenvalue weighted by Gasteiger charge is -2.34. The van der Waals surface area contributed by atoms with Crippen molar-refractivity contribution in [2.75, 3.05) is 26.2 Å². The summed E-state index contributed by atoms with van der Waals surface area (Å²) < 4.78 is 0. The molecule has 5 heteroatoms. The van der Waals surface area contributed by atoms with E-state index < -0.39 is 0 Å². The molecule has 1 aliphatic rings. The molecular formula is C20H20N4O. The molecule has 1 fully saturated rings. The van der Waals surface area contributed by atoms with Crippen molar-refractivity contribution < 1.29 is 4.79 Å². The monoisotopic (exact) mass is 332 g/mol. The van der Waals surface area contributed by atoms with Crippen molar-refractivity contribution in [2.24, 2.45) is 0 Å². The van der Waals surface area contributed by atoms with Gasteiger partial charge in [0.2, 0.25) is 0 Å². The number of carbonyl (C=O) groups excluding carboxylic acids is 1. The van der Waals surface area contributed by atoms with Crippen molar-refractivity contribution in [3.63, 3.8) is 0 Å². The molecule has 3 aromatic rings. The Balaban J connectivity index is 1.44. The van der Waals surface area contributed by atoms with Crippen molar-refractivity contribution in [1.29, 1.82) is 0 Å². The van der Waals surface area contributed by atoms with Crippen LogP contribution in [0.15, 0.2) is 60.9 Å². The summed E-state index contributed by atoms with van der Waals surface area (Å²) in [6.07, 6.45) is 3.54. The van der Waals surface area contributed by atoms with E-state index in [0.29, 0.717) is 5.69 Å². The number of rotatable bonds is 3. The zero-order valence-corrected chi connectivity index (χ0v) is 14.0. The highest BCUT2D eigenvalue weighted by atomic mass is 16.2. The number of benzene rings is 1. The highest BCUT2D eigenvalue weighted by molar-refractivity contribution is 6.05. The normalized spacial score (nSPS) is 15.4. The van der Waals surface area contributed by atoms with Crippen LogP contribution >= 0.6 is 0 Å². The zero-order chi connectivity index (χ0) is 17.1. The Morgan fingerprint density at radius 3 is 2.48 bits per heavy atom. The molecule has 0 atom stereocenters. The third-order valence-corrected chi connectivity index (χ3v) is 4.65. The number of fused-ring (bicyclic) bond motifs is 1. The molecule has 0 saturated carbocycles. The van der Waals surface area contributed by atoms with Crippen LogP contribution < -0.4 is 0 Å². The molecule has 25 heavy (non-hydrogen) atoms. The van der Waals surface area contributed by atoms with E-state index in [2.05, 4.69) is 14.9 Å². The first-order valence-corrected chi connectivity index (χ1v) is 8.56. The fraction of sp³-hybridized carbons (Fsp3) is 0.250. The van der Waals surface area contributed by atoms with Crippen molar-refractivity contribution >= 4 is 16.7 Å². The topological polar surface area (TPSA) is 49.3 Å².